The molecule has 1 amide bonds. The molecule has 1 aromatic carbocycles. The summed E-state index contributed by atoms with van der Waals surface area (Å²) in [4.78, 5) is 18.9. The molecule has 1 aliphatic heterocycles. The van der Waals surface area contributed by atoms with Crippen molar-refractivity contribution in [3.63, 3.8) is 0 Å². The van der Waals surface area contributed by atoms with Crippen LogP contribution in [0.4, 0.5) is 0 Å². The van der Waals surface area contributed by atoms with Crippen molar-refractivity contribution < 1.29 is 9.53 Å². The van der Waals surface area contributed by atoms with Crippen LogP contribution in [0.1, 0.15) is 10.5 Å². The zero-order chi connectivity index (χ0) is 14.8. The molecule has 2 heterocycles. The molecule has 0 radical (unpaired) electrons. The first-order chi connectivity index (χ1) is 10.2. The van der Waals surface area contributed by atoms with E-state index in [1.54, 1.807) is 13.2 Å². The van der Waals surface area contributed by atoms with E-state index in [0.717, 1.165) is 24.0 Å². The van der Waals surface area contributed by atoms with E-state index >= 15 is 0 Å². The molecule has 0 spiro atoms. The van der Waals surface area contributed by atoms with E-state index in [9.17, 15) is 4.79 Å². The van der Waals surface area contributed by atoms with E-state index in [1.807, 2.05) is 37.4 Å². The molecule has 2 atom stereocenters. The third-order valence-electron chi connectivity index (χ3n) is 3.90. The lowest BCUT2D eigenvalue weighted by molar-refractivity contribution is 0.0763. The molecule has 110 valence electrons. The lowest BCUT2D eigenvalue weighted by Crippen LogP contribution is -2.43. The van der Waals surface area contributed by atoms with Crippen LogP contribution < -0.4 is 5.32 Å². The minimum atomic E-state index is -0.150. The summed E-state index contributed by atoms with van der Waals surface area (Å²) in [6.45, 7) is 1.62. The van der Waals surface area contributed by atoms with Crippen LogP contribution in [-0.2, 0) is 4.74 Å². The van der Waals surface area contributed by atoms with E-state index in [4.69, 9.17) is 4.74 Å². The van der Waals surface area contributed by atoms with Crippen LogP contribution in [0, 0.1) is 0 Å². The van der Waals surface area contributed by atoms with Crippen LogP contribution >= 0.6 is 0 Å². The zero-order valence-corrected chi connectivity index (χ0v) is 12.2. The monoisotopic (exact) mass is 285 g/mol. The quantitative estimate of drug-likeness (QED) is 0.923. The number of methoxy groups -OCH3 is 1. The SMILES string of the molecule is CO[C@H]1CN(C)C[C@@H]1NC(=O)c1ccc2ccccc2n1. The van der Waals surface area contributed by atoms with Gasteiger partial charge in [0.1, 0.15) is 5.69 Å². The van der Waals surface area contributed by atoms with Gasteiger partial charge in [-0.1, -0.05) is 24.3 Å². The highest BCUT2D eigenvalue weighted by Crippen LogP contribution is 2.14. The maximum Gasteiger partial charge on any atom is 0.270 e. The van der Waals surface area contributed by atoms with Gasteiger partial charge >= 0.3 is 0 Å². The fraction of sp³-hybridized carbons (Fsp3) is 0.375. The van der Waals surface area contributed by atoms with Gasteiger partial charge in [-0.05, 0) is 19.2 Å². The van der Waals surface area contributed by atoms with E-state index in [-0.39, 0.29) is 18.1 Å². The maximum absolute atomic E-state index is 12.4. The largest absolute Gasteiger partial charge is 0.378 e. The molecule has 1 aliphatic rings. The van der Waals surface area contributed by atoms with Crippen molar-refractivity contribution in [2.75, 3.05) is 27.2 Å². The summed E-state index contributed by atoms with van der Waals surface area (Å²) < 4.78 is 5.42. The van der Waals surface area contributed by atoms with E-state index in [1.165, 1.54) is 0 Å². The van der Waals surface area contributed by atoms with Crippen molar-refractivity contribution in [3.05, 3.63) is 42.1 Å². The Morgan fingerprint density at radius 2 is 2.10 bits per heavy atom. The smallest absolute Gasteiger partial charge is 0.270 e. The number of pyridine rings is 1. The Hall–Kier alpha value is -1.98. The highest BCUT2D eigenvalue weighted by atomic mass is 16.5. The second-order valence-electron chi connectivity index (χ2n) is 5.46. The first-order valence-corrected chi connectivity index (χ1v) is 7.05. The topological polar surface area (TPSA) is 54.5 Å². The molecular formula is C16H19N3O2. The Kier molecular flexibility index (Phi) is 3.86. The summed E-state index contributed by atoms with van der Waals surface area (Å²) in [5, 5.41) is 4.06. The average Bonchev–Trinajstić information content (AvgIpc) is 2.86. The lowest BCUT2D eigenvalue weighted by Gasteiger charge is -2.18. The van der Waals surface area contributed by atoms with E-state index < -0.39 is 0 Å². The average molecular weight is 285 g/mol. The molecule has 0 bridgehead atoms. The number of para-hydroxylation sites is 1. The molecule has 0 aliphatic carbocycles. The Labute approximate surface area is 123 Å². The predicted molar refractivity (Wildman–Crippen MR) is 81.3 cm³/mol. The highest BCUT2D eigenvalue weighted by molar-refractivity contribution is 5.95. The van der Waals surface area contributed by atoms with Gasteiger partial charge in [-0.25, -0.2) is 4.98 Å². The number of nitrogens with one attached hydrogen (secondary N) is 1. The number of fused-ring (bicyclic) bond motifs is 1. The molecule has 21 heavy (non-hydrogen) atoms. The van der Waals surface area contributed by atoms with Gasteiger partial charge < -0.3 is 15.0 Å². The minimum absolute atomic E-state index is 0.000713. The Balaban J connectivity index is 1.77. The molecule has 0 unspecified atom stereocenters. The standard InChI is InChI=1S/C16H19N3O2/c1-19-9-14(15(10-19)21-2)18-16(20)13-8-7-11-5-3-4-6-12(11)17-13/h3-8,14-15H,9-10H2,1-2H3,(H,18,20)/t14-,15-/m0/s1. The van der Waals surface area contributed by atoms with Crippen molar-refractivity contribution >= 4 is 16.8 Å². The molecule has 5 nitrogen and oxygen atoms in total. The van der Waals surface area contributed by atoms with Gasteiger partial charge in [0.2, 0.25) is 0 Å². The molecule has 1 aromatic heterocycles. The Morgan fingerprint density at radius 1 is 1.29 bits per heavy atom. The van der Waals surface area contributed by atoms with Crippen molar-refractivity contribution in [1.82, 2.24) is 15.2 Å². The number of likely N-dealkylation sites (N-methyl/N-ethyl adjacent to an activating group) is 1. The number of likely N-dealkylation sites (tertiary alicyclic amines) is 1. The fourth-order valence-corrected chi connectivity index (χ4v) is 2.77. The highest BCUT2D eigenvalue weighted by Gasteiger charge is 2.32. The summed E-state index contributed by atoms with van der Waals surface area (Å²) in [7, 11) is 3.70. The summed E-state index contributed by atoms with van der Waals surface area (Å²) in [6, 6.07) is 11.5. The third kappa shape index (κ3) is 2.89. The number of carbonyl (C=O) groups excluding carboxylic acids is 1. The van der Waals surface area contributed by atoms with Gasteiger partial charge in [0.05, 0.1) is 17.7 Å². The molecule has 1 fully saturated rings. The molecule has 3 rings (SSSR count). The first-order valence-electron chi connectivity index (χ1n) is 7.05. The molecular weight excluding hydrogens is 266 g/mol. The minimum Gasteiger partial charge on any atom is -0.378 e. The molecule has 2 aromatic rings. The zero-order valence-electron chi connectivity index (χ0n) is 12.2. The number of rotatable bonds is 3. The van der Waals surface area contributed by atoms with Crippen LogP contribution in [0.15, 0.2) is 36.4 Å². The van der Waals surface area contributed by atoms with Crippen LogP contribution in [0.5, 0.6) is 0 Å². The number of ether oxygens (including phenoxy) is 1. The van der Waals surface area contributed by atoms with Gasteiger partial charge in [-0.3, -0.25) is 4.79 Å². The van der Waals surface area contributed by atoms with Gasteiger partial charge in [-0.2, -0.15) is 0 Å². The number of hydrogen-bond acceptors (Lipinski definition) is 4. The molecule has 5 heteroatoms. The summed E-state index contributed by atoms with van der Waals surface area (Å²) >= 11 is 0. The van der Waals surface area contributed by atoms with Crippen molar-refractivity contribution in [2.45, 2.75) is 12.1 Å². The maximum atomic E-state index is 12.4. The number of aromatic nitrogens is 1. The summed E-state index contributed by atoms with van der Waals surface area (Å²) in [5.74, 6) is -0.150. The lowest BCUT2D eigenvalue weighted by atomic mass is 10.2. The summed E-state index contributed by atoms with van der Waals surface area (Å²) in [5.41, 5.74) is 1.27. The number of nitrogens with zero attached hydrogens (tertiary/aromatic N) is 2. The number of hydrogen-bond donors (Lipinski definition) is 1. The van der Waals surface area contributed by atoms with Crippen LogP contribution in [0.3, 0.4) is 0 Å². The van der Waals surface area contributed by atoms with Crippen molar-refractivity contribution in [1.29, 1.82) is 0 Å². The summed E-state index contributed by atoms with van der Waals surface area (Å²) in [6.07, 6.45) is 0.0272. The van der Waals surface area contributed by atoms with Gasteiger partial charge in [0, 0.05) is 25.6 Å². The van der Waals surface area contributed by atoms with Crippen LogP contribution in [0.25, 0.3) is 10.9 Å². The Morgan fingerprint density at radius 3 is 2.90 bits per heavy atom. The number of amides is 1. The number of carbonyl (C=O) groups is 1. The van der Waals surface area contributed by atoms with Gasteiger partial charge in [0.25, 0.3) is 5.91 Å². The molecule has 1 saturated heterocycles. The second kappa shape index (κ2) is 5.79. The molecule has 0 saturated carbocycles. The van der Waals surface area contributed by atoms with Gasteiger partial charge in [-0.15, -0.1) is 0 Å². The van der Waals surface area contributed by atoms with Gasteiger partial charge in [0.15, 0.2) is 0 Å². The predicted octanol–water partition coefficient (Wildman–Crippen LogP) is 1.29. The normalized spacial score (nSPS) is 22.6. The third-order valence-corrected chi connectivity index (χ3v) is 3.90. The fourth-order valence-electron chi connectivity index (χ4n) is 2.77. The Bertz CT molecular complexity index is 659. The van der Waals surface area contributed by atoms with Crippen molar-refractivity contribution in [3.8, 4) is 0 Å². The second-order valence-corrected chi connectivity index (χ2v) is 5.46. The number of benzene rings is 1. The first kappa shape index (κ1) is 14.0. The van der Waals surface area contributed by atoms with Crippen LogP contribution in [-0.4, -0.2) is 55.2 Å². The van der Waals surface area contributed by atoms with E-state index in [2.05, 4.69) is 15.2 Å². The van der Waals surface area contributed by atoms with Crippen molar-refractivity contribution in [2.24, 2.45) is 0 Å². The molecule has 1 N–H and O–H groups in total. The van der Waals surface area contributed by atoms with Crippen LogP contribution in [0.2, 0.25) is 0 Å². The van der Waals surface area contributed by atoms with E-state index in [0.29, 0.717) is 5.69 Å².